The van der Waals surface area contributed by atoms with Crippen LogP contribution in [-0.4, -0.2) is 13.0 Å². The second-order valence-electron chi connectivity index (χ2n) is 6.86. The van der Waals surface area contributed by atoms with Gasteiger partial charge in [0, 0.05) is 0 Å². The van der Waals surface area contributed by atoms with Gasteiger partial charge in [-0.3, -0.25) is 0 Å². The van der Waals surface area contributed by atoms with Gasteiger partial charge in [-0.2, -0.15) is 0 Å². The molecule has 170 valence electrons. The van der Waals surface area contributed by atoms with E-state index in [9.17, 15) is 13.0 Å². The molecule has 8 heteroatoms. The highest BCUT2D eigenvalue weighted by molar-refractivity contribution is 7.97. The lowest BCUT2D eigenvalue weighted by molar-refractivity contribution is 0.463. The summed E-state index contributed by atoms with van der Waals surface area (Å²) in [6.45, 7) is 1.82. The molecular formula is C25H19Cl3O3S2. The van der Waals surface area contributed by atoms with Gasteiger partial charge in [-0.1, -0.05) is 88.9 Å². The van der Waals surface area contributed by atoms with Gasteiger partial charge >= 0.3 is 0 Å². The fourth-order valence-corrected chi connectivity index (χ4v) is 6.61. The molecule has 0 radical (unpaired) electrons. The zero-order valence-electron chi connectivity index (χ0n) is 17.4. The van der Waals surface area contributed by atoms with E-state index in [1.807, 2.05) is 79.7 Å². The third kappa shape index (κ3) is 6.76. The Morgan fingerprint density at radius 2 is 0.939 bits per heavy atom. The molecule has 0 aromatic heterocycles. The van der Waals surface area contributed by atoms with Crippen LogP contribution in [0.3, 0.4) is 0 Å². The summed E-state index contributed by atoms with van der Waals surface area (Å²) in [7, 11) is -4.71. The van der Waals surface area contributed by atoms with E-state index in [1.54, 1.807) is 12.1 Å². The van der Waals surface area contributed by atoms with Gasteiger partial charge in [0.25, 0.3) is 0 Å². The standard InChI is InChI=1S/C18H12Cl3S.C7H8O3S/c19-13-7-1-4-10-16(13)22(17-11-5-2-8-14(17)20)18-12-6-3-9-15(18)21;1-6-2-4-7(5-3-6)11(8,9)10/h1-12H;2-5H,1H3,(H,8,9,10)/q+1;/p-1. The Labute approximate surface area is 212 Å². The molecule has 0 aliphatic rings. The molecule has 4 rings (SSSR count). The number of rotatable bonds is 4. The summed E-state index contributed by atoms with van der Waals surface area (Å²) in [4.78, 5) is 2.88. The Morgan fingerprint density at radius 1 is 0.606 bits per heavy atom. The molecule has 33 heavy (non-hydrogen) atoms. The molecule has 0 atom stereocenters. The molecule has 4 aromatic carbocycles. The largest absolute Gasteiger partial charge is 0.744 e. The Morgan fingerprint density at radius 3 is 1.24 bits per heavy atom. The van der Waals surface area contributed by atoms with Gasteiger partial charge in [-0.15, -0.1) is 0 Å². The van der Waals surface area contributed by atoms with Crippen LogP contribution in [0.2, 0.25) is 15.1 Å². The molecule has 0 unspecified atom stereocenters. The minimum Gasteiger partial charge on any atom is -0.744 e. The van der Waals surface area contributed by atoms with Crippen molar-refractivity contribution in [3.8, 4) is 0 Å². The van der Waals surface area contributed by atoms with Crippen molar-refractivity contribution in [2.45, 2.75) is 26.5 Å². The predicted octanol–water partition coefficient (Wildman–Crippen LogP) is 7.64. The second-order valence-corrected chi connectivity index (χ2v) is 11.4. The Balaban J connectivity index is 0.000000235. The van der Waals surface area contributed by atoms with Gasteiger partial charge in [0.2, 0.25) is 0 Å². The molecule has 3 nitrogen and oxygen atoms in total. The molecule has 0 fully saturated rings. The molecule has 0 bridgehead atoms. The maximum Gasteiger partial charge on any atom is 0.185 e. The normalized spacial score (nSPS) is 11.1. The SMILES string of the molecule is Cc1ccc(S(=O)(=O)[O-])cc1.Clc1ccccc1[S+](c1ccccc1Cl)c1ccccc1Cl. The fraction of sp³-hybridized carbons (Fsp3) is 0.0400. The molecule has 0 saturated carbocycles. The van der Waals surface area contributed by atoms with Crippen molar-refractivity contribution in [1.29, 1.82) is 0 Å². The van der Waals surface area contributed by atoms with Crippen LogP contribution in [-0.2, 0) is 21.0 Å². The molecule has 0 saturated heterocycles. The van der Waals surface area contributed by atoms with E-state index in [2.05, 4.69) is 0 Å². The maximum absolute atomic E-state index is 10.4. The average molecular weight is 538 g/mol. The molecule has 0 heterocycles. The quantitative estimate of drug-likeness (QED) is 0.198. The van der Waals surface area contributed by atoms with E-state index in [0.29, 0.717) is 15.1 Å². The highest BCUT2D eigenvalue weighted by Gasteiger charge is 2.34. The number of aryl methyl sites for hydroxylation is 1. The first kappa shape index (κ1) is 25.6. The van der Waals surface area contributed by atoms with Gasteiger partial charge < -0.3 is 4.55 Å². The minimum absolute atomic E-state index is 0.178. The van der Waals surface area contributed by atoms with Crippen molar-refractivity contribution >= 4 is 55.8 Å². The Hall–Kier alpha value is -1.99. The number of hydrogen-bond acceptors (Lipinski definition) is 3. The molecular weight excluding hydrogens is 519 g/mol. The molecule has 0 aliphatic heterocycles. The van der Waals surface area contributed by atoms with Crippen molar-refractivity contribution in [3.05, 3.63) is 118 Å². The summed E-state index contributed by atoms with van der Waals surface area (Å²) >= 11 is 19.3. The molecule has 0 spiro atoms. The van der Waals surface area contributed by atoms with E-state index >= 15 is 0 Å². The third-order valence-corrected chi connectivity index (χ3v) is 9.04. The lowest BCUT2D eigenvalue weighted by Crippen LogP contribution is -2.06. The highest BCUT2D eigenvalue weighted by atomic mass is 35.5. The Kier molecular flexibility index (Phi) is 8.88. The summed E-state index contributed by atoms with van der Waals surface area (Å²) in [6.07, 6.45) is 0. The summed E-state index contributed by atoms with van der Waals surface area (Å²) in [5, 5.41) is 2.14. The van der Waals surface area contributed by atoms with Gasteiger partial charge in [-0.05, 0) is 55.5 Å². The number of halogens is 3. The van der Waals surface area contributed by atoms with Crippen LogP contribution in [0.25, 0.3) is 0 Å². The first-order valence-corrected chi connectivity index (χ1v) is 13.5. The number of benzene rings is 4. The second kappa shape index (κ2) is 11.4. The molecule has 0 aliphatic carbocycles. The van der Waals surface area contributed by atoms with Crippen molar-refractivity contribution in [3.63, 3.8) is 0 Å². The predicted molar refractivity (Wildman–Crippen MR) is 136 cm³/mol. The van der Waals surface area contributed by atoms with Crippen molar-refractivity contribution in [2.75, 3.05) is 0 Å². The lowest BCUT2D eigenvalue weighted by atomic mass is 10.2. The van der Waals surface area contributed by atoms with E-state index < -0.39 is 21.0 Å². The van der Waals surface area contributed by atoms with E-state index in [4.69, 9.17) is 34.8 Å². The molecule has 0 N–H and O–H groups in total. The zero-order chi connectivity index (χ0) is 24.0. The van der Waals surface area contributed by atoms with Crippen molar-refractivity contribution < 1.29 is 13.0 Å². The van der Waals surface area contributed by atoms with Crippen LogP contribution in [0.15, 0.2) is 117 Å². The van der Waals surface area contributed by atoms with Crippen LogP contribution in [0.5, 0.6) is 0 Å². The monoisotopic (exact) mass is 536 g/mol. The third-order valence-electron chi connectivity index (χ3n) is 4.48. The van der Waals surface area contributed by atoms with Crippen molar-refractivity contribution in [1.82, 2.24) is 0 Å². The molecule has 0 amide bonds. The smallest absolute Gasteiger partial charge is 0.185 e. The fourth-order valence-electron chi connectivity index (χ4n) is 2.89. The average Bonchev–Trinajstić information content (AvgIpc) is 2.78. The van der Waals surface area contributed by atoms with E-state index in [0.717, 1.165) is 20.2 Å². The zero-order valence-corrected chi connectivity index (χ0v) is 21.3. The summed E-state index contributed by atoms with van der Waals surface area (Å²) < 4.78 is 31.2. The van der Waals surface area contributed by atoms with E-state index in [1.165, 1.54) is 12.1 Å². The maximum atomic E-state index is 10.4. The van der Waals surface area contributed by atoms with Crippen molar-refractivity contribution in [2.24, 2.45) is 0 Å². The van der Waals surface area contributed by atoms with Crippen LogP contribution in [0.4, 0.5) is 0 Å². The topological polar surface area (TPSA) is 57.2 Å². The summed E-state index contributed by atoms with van der Waals surface area (Å²) in [6, 6.07) is 29.3. The first-order chi connectivity index (χ1) is 15.7. The number of hydrogen-bond donors (Lipinski definition) is 0. The van der Waals surface area contributed by atoms with Crippen LogP contribution >= 0.6 is 34.8 Å². The highest BCUT2D eigenvalue weighted by Crippen LogP contribution is 2.40. The van der Waals surface area contributed by atoms with Crippen LogP contribution in [0.1, 0.15) is 5.56 Å². The summed E-state index contributed by atoms with van der Waals surface area (Å²) in [5.74, 6) is 0. The van der Waals surface area contributed by atoms with Gasteiger partial charge in [0.15, 0.2) is 14.7 Å². The van der Waals surface area contributed by atoms with E-state index in [-0.39, 0.29) is 4.90 Å². The minimum atomic E-state index is -4.27. The van der Waals surface area contributed by atoms with Gasteiger partial charge in [0.1, 0.15) is 21.0 Å². The van der Waals surface area contributed by atoms with Crippen LogP contribution in [0, 0.1) is 6.92 Å². The van der Waals surface area contributed by atoms with Gasteiger partial charge in [-0.25, -0.2) is 8.42 Å². The lowest BCUT2D eigenvalue weighted by Gasteiger charge is -2.11. The molecule has 4 aromatic rings. The van der Waals surface area contributed by atoms with Gasteiger partial charge in [0.05, 0.1) is 20.0 Å². The Bertz CT molecular complexity index is 1230. The van der Waals surface area contributed by atoms with Crippen LogP contribution < -0.4 is 0 Å². The first-order valence-electron chi connectivity index (χ1n) is 9.69. The summed E-state index contributed by atoms with van der Waals surface area (Å²) in [5.41, 5.74) is 0.928.